The van der Waals surface area contributed by atoms with Crippen LogP contribution in [-0.4, -0.2) is 60.2 Å². The van der Waals surface area contributed by atoms with Crippen LogP contribution in [0.2, 0.25) is 0 Å². The van der Waals surface area contributed by atoms with Gasteiger partial charge in [0, 0.05) is 38.6 Å². The van der Waals surface area contributed by atoms with Gasteiger partial charge >= 0.3 is 0 Å². The number of carbonyl (C=O) groups is 1. The number of likely N-dealkylation sites (N-methyl/N-ethyl adjacent to an activating group) is 1. The Labute approximate surface area is 95.6 Å². The first-order valence-corrected chi connectivity index (χ1v) is 5.59. The molecule has 1 aliphatic rings. The minimum atomic E-state index is 0.168. The predicted molar refractivity (Wildman–Crippen MR) is 62.7 cm³/mol. The van der Waals surface area contributed by atoms with Crippen molar-refractivity contribution < 1.29 is 4.79 Å². The summed E-state index contributed by atoms with van der Waals surface area (Å²) in [6, 6.07) is 3.85. The van der Waals surface area contributed by atoms with Gasteiger partial charge in [-0.15, -0.1) is 0 Å². The molecule has 0 saturated carbocycles. The van der Waals surface area contributed by atoms with Gasteiger partial charge in [-0.25, -0.2) is 0 Å². The van der Waals surface area contributed by atoms with E-state index in [2.05, 4.69) is 17.4 Å². The monoisotopic (exact) mass is 222 g/mol. The van der Waals surface area contributed by atoms with Crippen molar-refractivity contribution in [1.82, 2.24) is 14.5 Å². The van der Waals surface area contributed by atoms with E-state index in [0.717, 1.165) is 26.2 Å². The fraction of sp³-hybridized carbons (Fsp3) is 0.545. The number of aromatic nitrogens is 1. The van der Waals surface area contributed by atoms with Crippen molar-refractivity contribution in [3.8, 4) is 0 Å². The summed E-state index contributed by atoms with van der Waals surface area (Å²) in [5.74, 6) is 0.168. The van der Waals surface area contributed by atoms with Gasteiger partial charge in [-0.3, -0.25) is 9.47 Å². The molecule has 1 aliphatic heterocycles. The summed E-state index contributed by atoms with van der Waals surface area (Å²) in [6.07, 6.45) is 3.77. The van der Waals surface area contributed by atoms with E-state index in [1.807, 2.05) is 29.4 Å². The second kappa shape index (κ2) is 5.03. The molecule has 2 rings (SSSR count). The van der Waals surface area contributed by atoms with E-state index in [4.69, 9.17) is 0 Å². The Kier molecular flexibility index (Phi) is 3.46. The van der Waals surface area contributed by atoms with Crippen molar-refractivity contribution in [2.75, 3.05) is 45.2 Å². The fourth-order valence-electron chi connectivity index (χ4n) is 1.77. The van der Waals surface area contributed by atoms with E-state index >= 15 is 0 Å². The summed E-state index contributed by atoms with van der Waals surface area (Å²) in [4.78, 5) is 16.0. The van der Waals surface area contributed by atoms with Crippen molar-refractivity contribution >= 4 is 5.91 Å². The third kappa shape index (κ3) is 2.76. The van der Waals surface area contributed by atoms with E-state index in [1.165, 1.54) is 0 Å². The number of hydrogen-bond acceptors (Lipinski definition) is 3. The molecule has 1 amide bonds. The molecule has 16 heavy (non-hydrogen) atoms. The summed E-state index contributed by atoms with van der Waals surface area (Å²) >= 11 is 0. The lowest BCUT2D eigenvalue weighted by Crippen LogP contribution is -2.49. The zero-order valence-corrected chi connectivity index (χ0v) is 9.59. The Morgan fingerprint density at radius 2 is 1.81 bits per heavy atom. The molecular formula is C11H18N4O. The topological polar surface area (TPSA) is 40.5 Å². The van der Waals surface area contributed by atoms with Crippen LogP contribution in [0.1, 0.15) is 0 Å². The molecule has 0 radical (unpaired) electrons. The molecule has 0 atom stereocenters. The van der Waals surface area contributed by atoms with Gasteiger partial charge in [0.15, 0.2) is 0 Å². The molecule has 0 aliphatic carbocycles. The second-order valence-corrected chi connectivity index (χ2v) is 4.11. The summed E-state index contributed by atoms with van der Waals surface area (Å²) < 4.78 is 1.80. The second-order valence-electron chi connectivity index (χ2n) is 4.11. The van der Waals surface area contributed by atoms with Crippen LogP contribution in [0.4, 0.5) is 0 Å². The molecule has 1 fully saturated rings. The van der Waals surface area contributed by atoms with Crippen LogP contribution in [-0.2, 0) is 4.79 Å². The van der Waals surface area contributed by atoms with E-state index in [9.17, 15) is 4.79 Å². The lowest BCUT2D eigenvalue weighted by atomic mass is 10.3. The zero-order chi connectivity index (χ0) is 11.4. The Bertz CT molecular complexity index is 328. The number of carbonyl (C=O) groups excluding carboxylic acids is 1. The van der Waals surface area contributed by atoms with Gasteiger partial charge in [-0.2, -0.15) is 0 Å². The van der Waals surface area contributed by atoms with Gasteiger partial charge in [-0.1, -0.05) is 0 Å². The standard InChI is InChI=1S/C11H18N4O/c1-13-6-8-14(9-7-13)11(16)10-12-15-4-2-3-5-15/h2-5,12H,6-10H2,1H3. The Hall–Kier alpha value is -1.49. The highest BCUT2D eigenvalue weighted by atomic mass is 16.2. The minimum absolute atomic E-state index is 0.168. The number of rotatable bonds is 3. The normalized spacial score (nSPS) is 17.4. The van der Waals surface area contributed by atoms with Gasteiger partial charge in [0.25, 0.3) is 0 Å². The van der Waals surface area contributed by atoms with Crippen molar-refractivity contribution in [3.05, 3.63) is 24.5 Å². The highest BCUT2D eigenvalue weighted by Crippen LogP contribution is 1.99. The molecular weight excluding hydrogens is 204 g/mol. The number of nitrogens with one attached hydrogen (secondary N) is 1. The molecule has 1 aromatic rings. The van der Waals surface area contributed by atoms with Crippen LogP contribution < -0.4 is 5.43 Å². The van der Waals surface area contributed by atoms with Crippen molar-refractivity contribution in [3.63, 3.8) is 0 Å². The van der Waals surface area contributed by atoms with Gasteiger partial charge < -0.3 is 15.2 Å². The average molecular weight is 222 g/mol. The lowest BCUT2D eigenvalue weighted by Gasteiger charge is -2.32. The van der Waals surface area contributed by atoms with Crippen LogP contribution in [0, 0.1) is 0 Å². The Morgan fingerprint density at radius 3 is 2.44 bits per heavy atom. The molecule has 1 saturated heterocycles. The number of amides is 1. The molecule has 0 bridgehead atoms. The zero-order valence-electron chi connectivity index (χ0n) is 9.59. The Morgan fingerprint density at radius 1 is 1.19 bits per heavy atom. The van der Waals surface area contributed by atoms with Crippen LogP contribution in [0.25, 0.3) is 0 Å². The van der Waals surface area contributed by atoms with Gasteiger partial charge in [0.1, 0.15) is 6.54 Å². The SMILES string of the molecule is CN1CCN(C(=O)CNn2cccc2)CC1. The summed E-state index contributed by atoms with van der Waals surface area (Å²) in [6.45, 7) is 3.97. The highest BCUT2D eigenvalue weighted by molar-refractivity contribution is 5.79. The van der Waals surface area contributed by atoms with Crippen LogP contribution in [0.3, 0.4) is 0 Å². The predicted octanol–water partition coefficient (Wildman–Crippen LogP) is -0.194. The molecule has 1 aromatic heterocycles. The number of hydrogen-bond donors (Lipinski definition) is 1. The van der Waals surface area contributed by atoms with Gasteiger partial charge in [0.05, 0.1) is 0 Å². The smallest absolute Gasteiger partial charge is 0.243 e. The molecule has 0 unspecified atom stereocenters. The van der Waals surface area contributed by atoms with Crippen molar-refractivity contribution in [2.24, 2.45) is 0 Å². The Balaban J connectivity index is 1.75. The largest absolute Gasteiger partial charge is 0.339 e. The summed E-state index contributed by atoms with van der Waals surface area (Å²) in [5, 5.41) is 0. The first kappa shape index (κ1) is 11.0. The first-order valence-electron chi connectivity index (χ1n) is 5.59. The van der Waals surface area contributed by atoms with E-state index in [1.54, 1.807) is 4.68 Å². The molecule has 5 nitrogen and oxygen atoms in total. The number of piperazine rings is 1. The summed E-state index contributed by atoms with van der Waals surface area (Å²) in [7, 11) is 2.08. The molecule has 2 heterocycles. The molecule has 5 heteroatoms. The quantitative estimate of drug-likeness (QED) is 0.770. The third-order valence-electron chi connectivity index (χ3n) is 2.87. The van der Waals surface area contributed by atoms with E-state index in [0.29, 0.717) is 6.54 Å². The van der Waals surface area contributed by atoms with Gasteiger partial charge in [-0.05, 0) is 19.2 Å². The highest BCUT2D eigenvalue weighted by Gasteiger charge is 2.18. The van der Waals surface area contributed by atoms with Gasteiger partial charge in [0.2, 0.25) is 5.91 Å². The van der Waals surface area contributed by atoms with Crippen molar-refractivity contribution in [1.29, 1.82) is 0 Å². The third-order valence-corrected chi connectivity index (χ3v) is 2.87. The van der Waals surface area contributed by atoms with Crippen LogP contribution in [0.15, 0.2) is 24.5 Å². The molecule has 88 valence electrons. The number of nitrogens with zero attached hydrogens (tertiary/aromatic N) is 3. The maximum atomic E-state index is 11.8. The van der Waals surface area contributed by atoms with E-state index in [-0.39, 0.29) is 5.91 Å². The maximum absolute atomic E-state index is 11.8. The molecule has 1 N–H and O–H groups in total. The lowest BCUT2D eigenvalue weighted by molar-refractivity contribution is -0.131. The van der Waals surface area contributed by atoms with Crippen molar-refractivity contribution in [2.45, 2.75) is 0 Å². The molecule has 0 aromatic carbocycles. The summed E-state index contributed by atoms with van der Waals surface area (Å²) in [5.41, 5.74) is 3.04. The average Bonchev–Trinajstić information content (AvgIpc) is 2.80. The fourth-order valence-corrected chi connectivity index (χ4v) is 1.77. The van der Waals surface area contributed by atoms with Crippen LogP contribution in [0.5, 0.6) is 0 Å². The van der Waals surface area contributed by atoms with E-state index < -0.39 is 0 Å². The maximum Gasteiger partial charge on any atom is 0.243 e. The minimum Gasteiger partial charge on any atom is -0.339 e. The van der Waals surface area contributed by atoms with Crippen LogP contribution >= 0.6 is 0 Å². The molecule has 0 spiro atoms. The first-order chi connectivity index (χ1) is 7.75.